The Morgan fingerprint density at radius 1 is 1.35 bits per heavy atom. The monoisotopic (exact) mass is 390 g/mol. The Hall–Kier alpha value is -2.37. The third-order valence-corrected chi connectivity index (χ3v) is 5.63. The Kier molecular flexibility index (Phi) is 5.03. The van der Waals surface area contributed by atoms with Gasteiger partial charge < -0.3 is 10.6 Å². The molecule has 26 heavy (non-hydrogen) atoms. The van der Waals surface area contributed by atoms with E-state index in [4.69, 9.17) is 10.7 Å². The SMILES string of the molecule is Cl.N#Cc1cccc([C@]23CN(c4ncc(F)cn4)C[C@H]2CSC(N)=N3)c1. The van der Waals surface area contributed by atoms with Gasteiger partial charge in [-0.1, -0.05) is 23.9 Å². The summed E-state index contributed by atoms with van der Waals surface area (Å²) in [6, 6.07) is 9.67. The number of aliphatic imine (C=N–C) groups is 1. The zero-order valence-corrected chi connectivity index (χ0v) is 15.3. The number of thioether (sulfide) groups is 1. The molecule has 1 aromatic carbocycles. The molecule has 2 aliphatic rings. The van der Waals surface area contributed by atoms with Crippen molar-refractivity contribution in [2.24, 2.45) is 16.6 Å². The van der Waals surface area contributed by atoms with Crippen LogP contribution >= 0.6 is 24.2 Å². The molecule has 0 bridgehead atoms. The predicted octanol–water partition coefficient (Wildman–Crippen LogP) is 2.30. The molecule has 1 aromatic heterocycles. The van der Waals surface area contributed by atoms with Gasteiger partial charge in [0.2, 0.25) is 5.95 Å². The van der Waals surface area contributed by atoms with Gasteiger partial charge in [-0.3, -0.25) is 0 Å². The minimum absolute atomic E-state index is 0. The lowest BCUT2D eigenvalue weighted by Crippen LogP contribution is -2.40. The summed E-state index contributed by atoms with van der Waals surface area (Å²) in [5, 5.41) is 9.77. The third-order valence-electron chi connectivity index (χ3n) is 4.67. The van der Waals surface area contributed by atoms with Crippen molar-refractivity contribution in [2.45, 2.75) is 5.54 Å². The van der Waals surface area contributed by atoms with Gasteiger partial charge in [0.25, 0.3) is 0 Å². The van der Waals surface area contributed by atoms with E-state index in [1.54, 1.807) is 6.07 Å². The topological polar surface area (TPSA) is 91.2 Å². The van der Waals surface area contributed by atoms with E-state index in [-0.39, 0.29) is 18.3 Å². The van der Waals surface area contributed by atoms with Crippen molar-refractivity contribution in [2.75, 3.05) is 23.7 Å². The summed E-state index contributed by atoms with van der Waals surface area (Å²) in [5.74, 6) is 1.04. The molecule has 0 radical (unpaired) electrons. The van der Waals surface area contributed by atoms with Crippen molar-refractivity contribution in [3.63, 3.8) is 0 Å². The molecule has 6 nitrogen and oxygen atoms in total. The number of fused-ring (bicyclic) bond motifs is 1. The van der Waals surface area contributed by atoms with Gasteiger partial charge in [0.1, 0.15) is 5.54 Å². The lowest BCUT2D eigenvalue weighted by Gasteiger charge is -2.34. The summed E-state index contributed by atoms with van der Waals surface area (Å²) >= 11 is 1.53. The van der Waals surface area contributed by atoms with Gasteiger partial charge in [-0.2, -0.15) is 5.26 Å². The molecule has 0 aliphatic carbocycles. The molecule has 0 unspecified atom stereocenters. The van der Waals surface area contributed by atoms with Crippen LogP contribution in [0.4, 0.5) is 10.3 Å². The van der Waals surface area contributed by atoms with Crippen molar-refractivity contribution < 1.29 is 4.39 Å². The molecule has 134 valence electrons. The molecule has 3 heterocycles. The first-order chi connectivity index (χ1) is 12.1. The molecule has 2 aliphatic heterocycles. The second-order valence-electron chi connectivity index (χ2n) is 6.16. The number of halogens is 2. The van der Waals surface area contributed by atoms with Gasteiger partial charge in [0, 0.05) is 18.2 Å². The van der Waals surface area contributed by atoms with Crippen molar-refractivity contribution in [1.29, 1.82) is 5.26 Å². The molecule has 2 atom stereocenters. The van der Waals surface area contributed by atoms with Crippen molar-refractivity contribution in [3.05, 3.63) is 53.6 Å². The van der Waals surface area contributed by atoms with Gasteiger partial charge in [-0.05, 0) is 17.7 Å². The van der Waals surface area contributed by atoms with Crippen LogP contribution in [-0.2, 0) is 5.54 Å². The van der Waals surface area contributed by atoms with Crippen LogP contribution in [0.5, 0.6) is 0 Å². The maximum absolute atomic E-state index is 13.1. The maximum atomic E-state index is 13.1. The van der Waals surface area contributed by atoms with Crippen molar-refractivity contribution >= 4 is 35.3 Å². The van der Waals surface area contributed by atoms with E-state index in [2.05, 4.69) is 16.0 Å². The minimum atomic E-state index is -0.542. The Morgan fingerprint density at radius 2 is 2.12 bits per heavy atom. The summed E-state index contributed by atoms with van der Waals surface area (Å²) in [6.07, 6.45) is 2.33. The highest BCUT2D eigenvalue weighted by molar-refractivity contribution is 8.13. The molecular formula is C17H16ClFN6S. The lowest BCUT2D eigenvalue weighted by atomic mass is 9.81. The molecule has 9 heteroatoms. The summed E-state index contributed by atoms with van der Waals surface area (Å²) in [7, 11) is 0. The molecular weight excluding hydrogens is 375 g/mol. The number of nitriles is 1. The van der Waals surface area contributed by atoms with Gasteiger partial charge >= 0.3 is 0 Å². The van der Waals surface area contributed by atoms with Gasteiger partial charge in [-0.25, -0.2) is 19.4 Å². The lowest BCUT2D eigenvalue weighted by molar-refractivity contribution is 0.387. The van der Waals surface area contributed by atoms with Crippen LogP contribution in [-0.4, -0.2) is 34.0 Å². The smallest absolute Gasteiger partial charge is 0.225 e. The molecule has 2 aromatic rings. The highest BCUT2D eigenvalue weighted by atomic mass is 35.5. The normalized spacial score (nSPS) is 24.2. The Morgan fingerprint density at radius 3 is 2.85 bits per heavy atom. The fraction of sp³-hybridized carbons (Fsp3) is 0.294. The number of amidine groups is 1. The second-order valence-corrected chi connectivity index (χ2v) is 7.20. The molecule has 0 saturated carbocycles. The second kappa shape index (κ2) is 7.09. The van der Waals surface area contributed by atoms with Crippen LogP contribution in [0, 0.1) is 23.1 Å². The van der Waals surface area contributed by atoms with E-state index in [1.807, 2.05) is 23.1 Å². The van der Waals surface area contributed by atoms with E-state index in [9.17, 15) is 9.65 Å². The Bertz CT molecular complexity index is 884. The highest BCUT2D eigenvalue weighted by Gasteiger charge is 2.50. The van der Waals surface area contributed by atoms with Gasteiger partial charge in [0.05, 0.1) is 30.6 Å². The van der Waals surface area contributed by atoms with Crippen molar-refractivity contribution in [1.82, 2.24) is 9.97 Å². The average molecular weight is 391 g/mol. The summed E-state index contributed by atoms with van der Waals surface area (Å²) in [4.78, 5) is 15.0. The Balaban J connectivity index is 0.00000196. The molecule has 0 amide bonds. The van der Waals surface area contributed by atoms with E-state index in [0.29, 0.717) is 29.8 Å². The summed E-state index contributed by atoms with van der Waals surface area (Å²) < 4.78 is 13.1. The average Bonchev–Trinajstić information content (AvgIpc) is 3.02. The quantitative estimate of drug-likeness (QED) is 0.846. The fourth-order valence-corrected chi connectivity index (χ4v) is 4.48. The van der Waals surface area contributed by atoms with Gasteiger partial charge in [0.15, 0.2) is 11.0 Å². The van der Waals surface area contributed by atoms with E-state index < -0.39 is 11.4 Å². The first-order valence-corrected chi connectivity index (χ1v) is 8.80. The number of rotatable bonds is 2. The number of nitrogens with zero attached hydrogens (tertiary/aromatic N) is 5. The summed E-state index contributed by atoms with van der Waals surface area (Å²) in [5.41, 5.74) is 7.05. The number of anilines is 1. The first kappa shape index (κ1) is 18.4. The van der Waals surface area contributed by atoms with Crippen LogP contribution in [0.2, 0.25) is 0 Å². The zero-order valence-electron chi connectivity index (χ0n) is 13.7. The summed E-state index contributed by atoms with van der Waals surface area (Å²) in [6.45, 7) is 1.24. The van der Waals surface area contributed by atoms with Crippen LogP contribution in [0.1, 0.15) is 11.1 Å². The first-order valence-electron chi connectivity index (χ1n) is 7.82. The molecule has 2 N–H and O–H groups in total. The van der Waals surface area contributed by atoms with Crippen LogP contribution in [0.3, 0.4) is 0 Å². The molecule has 4 rings (SSSR count). The number of nitrogens with two attached hydrogens (primary N) is 1. The number of hydrogen-bond acceptors (Lipinski definition) is 7. The number of hydrogen-bond donors (Lipinski definition) is 1. The third kappa shape index (κ3) is 3.08. The molecule has 0 spiro atoms. The molecule has 1 fully saturated rings. The largest absolute Gasteiger partial charge is 0.379 e. The standard InChI is InChI=1S/C17H15FN6S.ClH/c18-14-6-21-16(22-7-14)24-8-13-9-25-15(20)23-17(13,10-24)12-3-1-2-11(4-12)5-19;/h1-4,6-7,13H,8-10H2,(H2,20,23);1H/t13-,17+;/m0./s1. The maximum Gasteiger partial charge on any atom is 0.225 e. The zero-order chi connectivity index (χ0) is 17.4. The minimum Gasteiger partial charge on any atom is -0.379 e. The van der Waals surface area contributed by atoms with Crippen LogP contribution in [0.15, 0.2) is 41.7 Å². The van der Waals surface area contributed by atoms with Gasteiger partial charge in [-0.15, -0.1) is 12.4 Å². The fourth-order valence-electron chi connectivity index (χ4n) is 3.50. The van der Waals surface area contributed by atoms with E-state index in [0.717, 1.165) is 11.3 Å². The highest BCUT2D eigenvalue weighted by Crippen LogP contribution is 2.46. The Labute approximate surface area is 160 Å². The van der Waals surface area contributed by atoms with Crippen LogP contribution < -0.4 is 10.6 Å². The van der Waals surface area contributed by atoms with E-state index in [1.165, 1.54) is 24.2 Å². The number of aromatic nitrogens is 2. The van der Waals surface area contributed by atoms with Crippen molar-refractivity contribution in [3.8, 4) is 6.07 Å². The predicted molar refractivity (Wildman–Crippen MR) is 102 cm³/mol. The molecule has 1 saturated heterocycles. The number of benzene rings is 1. The van der Waals surface area contributed by atoms with Crippen LogP contribution in [0.25, 0.3) is 0 Å². The van der Waals surface area contributed by atoms with E-state index >= 15 is 0 Å².